The lowest BCUT2D eigenvalue weighted by atomic mass is 9.86. The number of hydrogen-bond donors (Lipinski definition) is 4. The molecule has 4 atom stereocenters. The third-order valence-electron chi connectivity index (χ3n) is 9.90. The Morgan fingerprint density at radius 3 is 2.45 bits per heavy atom. The van der Waals surface area contributed by atoms with Gasteiger partial charge in [0.25, 0.3) is 0 Å². The summed E-state index contributed by atoms with van der Waals surface area (Å²) in [7, 11) is 0. The van der Waals surface area contributed by atoms with Gasteiger partial charge in [0.1, 0.15) is 11.8 Å². The van der Waals surface area contributed by atoms with Crippen LogP contribution >= 0.6 is 11.6 Å². The number of amides is 3. The van der Waals surface area contributed by atoms with Crippen LogP contribution in [0.1, 0.15) is 88.3 Å². The summed E-state index contributed by atoms with van der Waals surface area (Å²) in [5.74, 6) is -0.916. The summed E-state index contributed by atoms with van der Waals surface area (Å²) in [5.41, 5.74) is 7.51. The summed E-state index contributed by atoms with van der Waals surface area (Å²) in [5, 5.41) is 11.8. The fourth-order valence-corrected chi connectivity index (χ4v) is 7.33. The predicted octanol–water partition coefficient (Wildman–Crippen LogP) is 5.95. The smallest absolute Gasteiger partial charge is 0.243 e. The van der Waals surface area contributed by atoms with Crippen molar-refractivity contribution in [3.05, 3.63) is 76.8 Å². The molecule has 9 nitrogen and oxygen atoms in total. The third kappa shape index (κ3) is 9.82. The number of rotatable bonds is 16. The quantitative estimate of drug-likeness (QED) is 0.137. The van der Waals surface area contributed by atoms with E-state index in [4.69, 9.17) is 22.1 Å². The van der Waals surface area contributed by atoms with E-state index in [1.807, 2.05) is 54.6 Å². The summed E-state index contributed by atoms with van der Waals surface area (Å²) in [6.45, 7) is 2.70. The highest BCUT2D eigenvalue weighted by atomic mass is 35.5. The van der Waals surface area contributed by atoms with Gasteiger partial charge in [0.15, 0.2) is 5.78 Å². The number of hydrogen-bond acceptors (Lipinski definition) is 6. The van der Waals surface area contributed by atoms with Crippen LogP contribution in [0.5, 0.6) is 5.75 Å². The summed E-state index contributed by atoms with van der Waals surface area (Å²) >= 11 is 6.28. The van der Waals surface area contributed by atoms with Gasteiger partial charge in [-0.25, -0.2) is 0 Å². The van der Waals surface area contributed by atoms with Gasteiger partial charge in [0.2, 0.25) is 17.7 Å². The van der Waals surface area contributed by atoms with Crippen LogP contribution in [0.25, 0.3) is 10.8 Å². The van der Waals surface area contributed by atoms with Crippen molar-refractivity contribution >= 4 is 45.9 Å². The summed E-state index contributed by atoms with van der Waals surface area (Å²) in [6.07, 6.45) is 6.64. The minimum atomic E-state index is -0.852. The van der Waals surface area contributed by atoms with E-state index in [0.29, 0.717) is 43.2 Å². The van der Waals surface area contributed by atoms with E-state index in [2.05, 4.69) is 16.0 Å². The van der Waals surface area contributed by atoms with Gasteiger partial charge in [0.05, 0.1) is 18.7 Å². The van der Waals surface area contributed by atoms with Gasteiger partial charge in [-0.1, -0.05) is 80.3 Å². The van der Waals surface area contributed by atoms with Crippen molar-refractivity contribution < 1.29 is 23.9 Å². The lowest BCUT2D eigenvalue weighted by Crippen LogP contribution is -2.54. The molecule has 49 heavy (non-hydrogen) atoms. The average molecular weight is 689 g/mol. The highest BCUT2D eigenvalue weighted by Gasteiger charge is 2.36. The van der Waals surface area contributed by atoms with Crippen LogP contribution in [0.3, 0.4) is 0 Å². The standard InChI is InChI=1S/C39H49ClN4O5/c1-2-36(46)42-33(22-25-14-15-26-9-3-6-12-28(26)21-25)39(48)44-37(27-10-4-5-11-27)34(45)23-29(13-7-8-19-41)38(47)43-32-18-20-49-35-17-16-30(40)24-31(32)35/h3,6,9,12,14-17,21,24,27,29,32-33,37H,2,4-5,7-8,10-11,13,18-20,22-23,41H2,1H3,(H,42,46)(H,43,47)(H,44,48)/t29-,32-,33+,37+/m1/s1. The van der Waals surface area contributed by atoms with Crippen molar-refractivity contribution in [3.8, 4) is 5.75 Å². The monoisotopic (exact) mass is 688 g/mol. The molecule has 3 amide bonds. The molecule has 10 heteroatoms. The van der Waals surface area contributed by atoms with Crippen molar-refractivity contribution in [2.75, 3.05) is 13.2 Å². The number of unbranched alkanes of at least 4 members (excludes halogenated alkanes) is 1. The first-order valence-corrected chi connectivity index (χ1v) is 18.2. The lowest BCUT2D eigenvalue weighted by Gasteiger charge is -2.30. The molecule has 3 aromatic rings. The van der Waals surface area contributed by atoms with Gasteiger partial charge < -0.3 is 26.4 Å². The van der Waals surface area contributed by atoms with Crippen LogP contribution in [0.4, 0.5) is 0 Å². The average Bonchev–Trinajstić information content (AvgIpc) is 3.64. The molecule has 0 unspecified atom stereocenters. The molecular weight excluding hydrogens is 640 g/mol. The van der Waals surface area contributed by atoms with Gasteiger partial charge >= 0.3 is 0 Å². The van der Waals surface area contributed by atoms with Crippen LogP contribution in [0.2, 0.25) is 5.02 Å². The van der Waals surface area contributed by atoms with Crippen LogP contribution in [-0.4, -0.2) is 48.7 Å². The van der Waals surface area contributed by atoms with E-state index in [9.17, 15) is 19.2 Å². The Labute approximate surface area is 294 Å². The SMILES string of the molecule is CCC(=O)N[C@@H](Cc1ccc2ccccc2c1)C(=O)N[C@H](C(=O)C[C@@H](CCCCN)C(=O)N[C@@H]1CCOc2ccc(Cl)cc21)C1CCCC1. The normalized spacial score (nSPS) is 17.7. The maximum absolute atomic E-state index is 14.2. The maximum Gasteiger partial charge on any atom is 0.243 e. The van der Waals surface area contributed by atoms with Gasteiger partial charge in [0, 0.05) is 42.2 Å². The third-order valence-corrected chi connectivity index (χ3v) is 10.1. The second kappa shape index (κ2) is 17.6. The highest BCUT2D eigenvalue weighted by Crippen LogP contribution is 2.35. The molecule has 1 fully saturated rings. The summed E-state index contributed by atoms with van der Waals surface area (Å²) in [4.78, 5) is 54.6. The molecule has 1 aliphatic carbocycles. The largest absolute Gasteiger partial charge is 0.493 e. The van der Waals surface area contributed by atoms with E-state index in [1.165, 1.54) is 0 Å². The van der Waals surface area contributed by atoms with Crippen molar-refractivity contribution in [1.82, 2.24) is 16.0 Å². The predicted molar refractivity (Wildman–Crippen MR) is 192 cm³/mol. The Hall–Kier alpha value is -3.95. The molecule has 3 aromatic carbocycles. The Morgan fingerprint density at radius 2 is 1.69 bits per heavy atom. The molecule has 0 radical (unpaired) electrons. The fraction of sp³-hybridized carbons (Fsp3) is 0.487. The van der Waals surface area contributed by atoms with Crippen LogP contribution in [0, 0.1) is 11.8 Å². The van der Waals surface area contributed by atoms with Crippen LogP contribution in [-0.2, 0) is 25.6 Å². The number of fused-ring (bicyclic) bond motifs is 2. The molecule has 1 aliphatic heterocycles. The Morgan fingerprint density at radius 1 is 0.918 bits per heavy atom. The van der Waals surface area contributed by atoms with Crippen molar-refractivity contribution in [3.63, 3.8) is 0 Å². The molecule has 0 aromatic heterocycles. The number of benzene rings is 3. The Kier molecular flexibility index (Phi) is 13.1. The molecule has 0 spiro atoms. The van der Waals surface area contributed by atoms with Gasteiger partial charge in [-0.05, 0) is 72.7 Å². The number of halogens is 1. The second-order valence-corrected chi connectivity index (χ2v) is 13.9. The van der Waals surface area contributed by atoms with E-state index >= 15 is 0 Å². The number of carbonyl (C=O) groups excluding carboxylic acids is 4. The molecule has 2 aliphatic rings. The number of nitrogens with two attached hydrogens (primary N) is 1. The fourth-order valence-electron chi connectivity index (χ4n) is 7.15. The zero-order valence-electron chi connectivity index (χ0n) is 28.3. The van der Waals surface area contributed by atoms with Gasteiger partial charge in [-0.15, -0.1) is 0 Å². The van der Waals surface area contributed by atoms with Crippen LogP contribution < -0.4 is 26.4 Å². The zero-order chi connectivity index (χ0) is 34.8. The molecule has 5 rings (SSSR count). The Balaban J connectivity index is 1.33. The number of carbonyl (C=O) groups is 4. The van der Waals surface area contributed by atoms with Crippen molar-refractivity contribution in [2.24, 2.45) is 17.6 Å². The molecular formula is C39H49ClN4O5. The van der Waals surface area contributed by atoms with E-state index in [1.54, 1.807) is 13.0 Å². The van der Waals surface area contributed by atoms with Crippen molar-refractivity contribution in [2.45, 2.75) is 95.7 Å². The van der Waals surface area contributed by atoms with E-state index in [-0.39, 0.29) is 54.7 Å². The van der Waals surface area contributed by atoms with E-state index < -0.39 is 18.0 Å². The summed E-state index contributed by atoms with van der Waals surface area (Å²) < 4.78 is 5.78. The first-order valence-electron chi connectivity index (χ1n) is 17.8. The molecule has 0 bridgehead atoms. The Bertz CT molecular complexity index is 1620. The lowest BCUT2D eigenvalue weighted by molar-refractivity contribution is -0.134. The van der Waals surface area contributed by atoms with Gasteiger partial charge in [-0.3, -0.25) is 19.2 Å². The summed E-state index contributed by atoms with van der Waals surface area (Å²) in [6, 6.07) is 17.5. The number of nitrogens with one attached hydrogen (secondary N) is 3. The number of ketones is 1. The topological polar surface area (TPSA) is 140 Å². The van der Waals surface area contributed by atoms with E-state index in [0.717, 1.165) is 54.0 Å². The minimum absolute atomic E-state index is 0.000134. The maximum atomic E-state index is 14.2. The van der Waals surface area contributed by atoms with Crippen LogP contribution in [0.15, 0.2) is 60.7 Å². The minimum Gasteiger partial charge on any atom is -0.493 e. The molecule has 1 saturated carbocycles. The first-order chi connectivity index (χ1) is 23.7. The number of ether oxygens (including phenoxy) is 1. The second-order valence-electron chi connectivity index (χ2n) is 13.4. The molecule has 262 valence electrons. The zero-order valence-corrected chi connectivity index (χ0v) is 29.1. The molecule has 0 saturated heterocycles. The highest BCUT2D eigenvalue weighted by molar-refractivity contribution is 6.30. The van der Waals surface area contributed by atoms with Gasteiger partial charge in [-0.2, -0.15) is 0 Å². The number of Topliss-reactive ketones (excluding diaryl/α,β-unsaturated/α-hetero) is 1. The van der Waals surface area contributed by atoms with Crippen molar-refractivity contribution in [1.29, 1.82) is 0 Å². The molecule has 5 N–H and O–H groups in total. The molecule has 1 heterocycles. The first kappa shape index (κ1) is 36.3.